The summed E-state index contributed by atoms with van der Waals surface area (Å²) >= 11 is 0. The monoisotopic (exact) mass is 400 g/mol. The lowest BCUT2D eigenvalue weighted by atomic mass is 9.50. The number of esters is 2. The molecule has 2 saturated heterocycles. The van der Waals surface area contributed by atoms with Crippen molar-refractivity contribution in [2.45, 2.75) is 83.7 Å². The Morgan fingerprint density at radius 1 is 0.966 bits per heavy atom. The van der Waals surface area contributed by atoms with E-state index in [1.54, 1.807) is 0 Å². The van der Waals surface area contributed by atoms with Crippen molar-refractivity contribution in [2.75, 3.05) is 6.61 Å². The summed E-state index contributed by atoms with van der Waals surface area (Å²) in [5, 5.41) is 0. The van der Waals surface area contributed by atoms with Crippen LogP contribution in [0.3, 0.4) is 0 Å². The highest BCUT2D eigenvalue weighted by Gasteiger charge is 2.66. The minimum Gasteiger partial charge on any atom is -0.465 e. The predicted molar refractivity (Wildman–Crippen MR) is 106 cm³/mol. The number of Topliss-reactive ketones (excluding diaryl/α,β-unsaturated/α-hetero) is 1. The van der Waals surface area contributed by atoms with Gasteiger partial charge in [0.05, 0.1) is 12.5 Å². The van der Waals surface area contributed by atoms with Gasteiger partial charge in [-0.1, -0.05) is 25.5 Å². The Bertz CT molecular complexity index is 799. The molecule has 158 valence electrons. The molecule has 0 aromatic carbocycles. The van der Waals surface area contributed by atoms with Crippen molar-refractivity contribution in [1.82, 2.24) is 0 Å². The van der Waals surface area contributed by atoms with Crippen molar-refractivity contribution in [3.8, 4) is 0 Å². The molecule has 0 aromatic heterocycles. The van der Waals surface area contributed by atoms with E-state index in [4.69, 9.17) is 9.47 Å². The van der Waals surface area contributed by atoms with Crippen LogP contribution in [-0.2, 0) is 23.9 Å². The number of allylic oxidation sites excluding steroid dienone is 2. The largest absolute Gasteiger partial charge is 0.465 e. The van der Waals surface area contributed by atoms with Crippen LogP contribution in [0.15, 0.2) is 11.6 Å². The molecule has 2 bridgehead atoms. The number of cyclic esters (lactones) is 1. The molecule has 6 atom stereocenters. The molecule has 4 fully saturated rings. The second kappa shape index (κ2) is 6.42. The van der Waals surface area contributed by atoms with Gasteiger partial charge in [-0.25, -0.2) is 0 Å². The lowest BCUT2D eigenvalue weighted by molar-refractivity contribution is -0.164. The molecule has 2 saturated carbocycles. The predicted octanol–water partition coefficient (Wildman–Crippen LogP) is 4.14. The van der Waals surface area contributed by atoms with E-state index < -0.39 is 0 Å². The summed E-state index contributed by atoms with van der Waals surface area (Å²) < 4.78 is 11.6. The van der Waals surface area contributed by atoms with Crippen LogP contribution < -0.4 is 0 Å². The highest BCUT2D eigenvalue weighted by Crippen LogP contribution is 2.68. The first-order chi connectivity index (χ1) is 13.8. The van der Waals surface area contributed by atoms with Gasteiger partial charge in [0.2, 0.25) is 0 Å². The van der Waals surface area contributed by atoms with Gasteiger partial charge in [0.15, 0.2) is 0 Å². The van der Waals surface area contributed by atoms with Gasteiger partial charge in [-0.05, 0) is 62.2 Å². The Hall–Kier alpha value is -1.65. The number of ketones is 1. The van der Waals surface area contributed by atoms with Gasteiger partial charge < -0.3 is 9.47 Å². The van der Waals surface area contributed by atoms with E-state index in [0.717, 1.165) is 44.9 Å². The molecule has 0 radical (unpaired) electrons. The van der Waals surface area contributed by atoms with Gasteiger partial charge in [-0.3, -0.25) is 14.4 Å². The second-order valence-electron chi connectivity index (χ2n) is 10.6. The van der Waals surface area contributed by atoms with Crippen molar-refractivity contribution in [2.24, 2.45) is 28.6 Å². The normalized spacial score (nSPS) is 47.2. The van der Waals surface area contributed by atoms with Gasteiger partial charge >= 0.3 is 11.9 Å². The fourth-order valence-corrected chi connectivity index (χ4v) is 7.51. The quantitative estimate of drug-likeness (QED) is 0.452. The molecule has 5 aliphatic rings. The van der Waals surface area contributed by atoms with E-state index in [-0.39, 0.29) is 52.6 Å². The molecule has 5 heteroatoms. The van der Waals surface area contributed by atoms with E-state index in [9.17, 15) is 14.4 Å². The zero-order valence-corrected chi connectivity index (χ0v) is 17.6. The van der Waals surface area contributed by atoms with Crippen LogP contribution in [0.2, 0.25) is 0 Å². The Morgan fingerprint density at radius 2 is 1.79 bits per heavy atom. The van der Waals surface area contributed by atoms with Crippen molar-refractivity contribution in [1.29, 1.82) is 0 Å². The Morgan fingerprint density at radius 3 is 2.55 bits per heavy atom. The maximum absolute atomic E-state index is 13.1. The Kier molecular flexibility index (Phi) is 4.28. The van der Waals surface area contributed by atoms with E-state index in [1.165, 1.54) is 5.57 Å². The zero-order valence-electron chi connectivity index (χ0n) is 17.6. The van der Waals surface area contributed by atoms with Crippen molar-refractivity contribution in [3.05, 3.63) is 11.6 Å². The smallest absolute Gasteiger partial charge is 0.309 e. The number of hydrogen-bond donors (Lipinski definition) is 0. The van der Waals surface area contributed by atoms with E-state index in [1.807, 2.05) is 0 Å². The van der Waals surface area contributed by atoms with Gasteiger partial charge in [-0.2, -0.15) is 0 Å². The van der Waals surface area contributed by atoms with Gasteiger partial charge in [0, 0.05) is 24.7 Å². The van der Waals surface area contributed by atoms with Crippen molar-refractivity contribution >= 4 is 17.7 Å². The standard InChI is InChI=1S/C24H32O5/c1-22-9-3-15(25)8-14-28-21(27)16(4-10-22)20-17(22)5-11-23(2)18(20)6-12-24(23)13-7-19(26)29-24/h5,16,18,20H,3-4,6-14H2,1-2H3/t16?,18?,20?,22-,23-,24+/m0/s1. The molecule has 29 heavy (non-hydrogen) atoms. The topological polar surface area (TPSA) is 69.7 Å². The molecule has 2 heterocycles. The summed E-state index contributed by atoms with van der Waals surface area (Å²) in [5.74, 6) is 0.315. The van der Waals surface area contributed by atoms with E-state index in [0.29, 0.717) is 25.2 Å². The van der Waals surface area contributed by atoms with Crippen LogP contribution in [-0.4, -0.2) is 29.9 Å². The minimum atomic E-state index is -0.372. The first-order valence-corrected chi connectivity index (χ1v) is 11.4. The van der Waals surface area contributed by atoms with E-state index in [2.05, 4.69) is 19.9 Å². The van der Waals surface area contributed by atoms with Gasteiger partial charge in [0.1, 0.15) is 11.4 Å². The third-order valence-corrected chi connectivity index (χ3v) is 9.32. The van der Waals surface area contributed by atoms with Crippen LogP contribution in [0.1, 0.15) is 78.1 Å². The summed E-state index contributed by atoms with van der Waals surface area (Å²) in [7, 11) is 0. The van der Waals surface area contributed by atoms with E-state index >= 15 is 0 Å². The number of ether oxygens (including phenoxy) is 2. The van der Waals surface area contributed by atoms with Crippen molar-refractivity contribution < 1.29 is 23.9 Å². The number of hydrogen-bond acceptors (Lipinski definition) is 5. The molecule has 0 aromatic rings. The van der Waals surface area contributed by atoms with Crippen molar-refractivity contribution in [3.63, 3.8) is 0 Å². The van der Waals surface area contributed by atoms with Crippen LogP contribution in [0.25, 0.3) is 0 Å². The third-order valence-electron chi connectivity index (χ3n) is 9.32. The van der Waals surface area contributed by atoms with Crippen LogP contribution in [0, 0.1) is 28.6 Å². The van der Waals surface area contributed by atoms with Crippen LogP contribution >= 0.6 is 0 Å². The molecule has 3 aliphatic carbocycles. The number of rotatable bonds is 0. The van der Waals surface area contributed by atoms with Crippen LogP contribution in [0.5, 0.6) is 0 Å². The summed E-state index contributed by atoms with van der Waals surface area (Å²) in [6, 6.07) is 0. The summed E-state index contributed by atoms with van der Waals surface area (Å²) in [6.45, 7) is 4.79. The third kappa shape index (κ3) is 2.68. The highest BCUT2D eigenvalue weighted by molar-refractivity contribution is 5.80. The average Bonchev–Trinajstić information content (AvgIpc) is 3.20. The molecule has 5 rings (SSSR count). The summed E-state index contributed by atoms with van der Waals surface area (Å²) in [6.07, 6.45) is 9.97. The summed E-state index contributed by atoms with van der Waals surface area (Å²) in [5.41, 5.74) is 0.859. The first kappa shape index (κ1) is 19.3. The lowest BCUT2D eigenvalue weighted by Gasteiger charge is -2.55. The fourth-order valence-electron chi connectivity index (χ4n) is 7.51. The SMILES string of the molecule is C[C@]12CCC(=O)CCOC(=O)C(CC1)C1C2=CC[C@@]2(C)C1CC[C@@]21CCC(=O)O1. The van der Waals surface area contributed by atoms with Gasteiger partial charge in [-0.15, -0.1) is 0 Å². The maximum Gasteiger partial charge on any atom is 0.309 e. The van der Waals surface area contributed by atoms with Gasteiger partial charge in [0.25, 0.3) is 0 Å². The molecule has 0 amide bonds. The highest BCUT2D eigenvalue weighted by atomic mass is 16.6. The second-order valence-corrected chi connectivity index (χ2v) is 10.6. The lowest BCUT2D eigenvalue weighted by Crippen LogP contribution is -2.53. The molecule has 2 aliphatic heterocycles. The molecular formula is C24H32O5. The molecule has 5 nitrogen and oxygen atoms in total. The minimum absolute atomic E-state index is 0.0229. The molecule has 0 N–H and O–H groups in total. The number of fused-ring (bicyclic) bond motifs is 9. The Balaban J connectivity index is 1.58. The van der Waals surface area contributed by atoms with Crippen LogP contribution in [0.4, 0.5) is 0 Å². The molecular weight excluding hydrogens is 368 g/mol. The summed E-state index contributed by atoms with van der Waals surface area (Å²) in [4.78, 5) is 37.4. The Labute approximate surface area is 172 Å². The number of carbonyl (C=O) groups excluding carboxylic acids is 3. The average molecular weight is 401 g/mol. The number of carbonyl (C=O) groups is 3. The molecule has 3 unspecified atom stereocenters. The first-order valence-electron chi connectivity index (χ1n) is 11.4. The molecule has 1 spiro atoms. The fraction of sp³-hybridized carbons (Fsp3) is 0.792. The zero-order chi connectivity index (χ0) is 20.4. The maximum atomic E-state index is 13.1.